The highest BCUT2D eigenvalue weighted by molar-refractivity contribution is 6.42. The first-order chi connectivity index (χ1) is 14.2. The van der Waals surface area contributed by atoms with Gasteiger partial charge < -0.3 is 14.2 Å². The zero-order valence-corrected chi connectivity index (χ0v) is 17.7. The summed E-state index contributed by atoms with van der Waals surface area (Å²) >= 11 is 12.4. The Morgan fingerprint density at radius 1 is 1.00 bits per heavy atom. The van der Waals surface area contributed by atoms with Crippen molar-refractivity contribution in [3.63, 3.8) is 0 Å². The van der Waals surface area contributed by atoms with E-state index in [0.29, 0.717) is 16.1 Å². The van der Waals surface area contributed by atoms with Crippen LogP contribution in [0.4, 0.5) is 0 Å². The molecule has 8 nitrogen and oxygen atoms in total. The van der Waals surface area contributed by atoms with E-state index in [-0.39, 0.29) is 22.4 Å². The van der Waals surface area contributed by atoms with Crippen molar-refractivity contribution in [3.05, 3.63) is 57.6 Å². The maximum Gasteiger partial charge on any atom is 0.308 e. The average molecular weight is 451 g/mol. The Balaban J connectivity index is 2.03. The second kappa shape index (κ2) is 8.73. The molecular weight excluding hydrogens is 435 g/mol. The van der Waals surface area contributed by atoms with Crippen LogP contribution in [0.1, 0.15) is 38.1 Å². The molecule has 1 heterocycles. The lowest BCUT2D eigenvalue weighted by atomic mass is 10.2. The van der Waals surface area contributed by atoms with Gasteiger partial charge in [0.05, 0.1) is 10.0 Å². The van der Waals surface area contributed by atoms with Crippen molar-refractivity contribution in [2.24, 2.45) is 5.10 Å². The molecule has 0 aliphatic carbocycles. The van der Waals surface area contributed by atoms with Crippen LogP contribution in [0.2, 0.25) is 10.0 Å². The molecule has 2 aromatic rings. The first kappa shape index (κ1) is 21.6. The highest BCUT2D eigenvalue weighted by atomic mass is 35.5. The van der Waals surface area contributed by atoms with Gasteiger partial charge in [0.25, 0.3) is 0 Å². The number of carbonyl (C=O) groups is 3. The van der Waals surface area contributed by atoms with Gasteiger partial charge in [-0.1, -0.05) is 35.3 Å². The van der Waals surface area contributed by atoms with Crippen molar-refractivity contribution < 1.29 is 28.6 Å². The van der Waals surface area contributed by atoms with E-state index in [1.54, 1.807) is 18.2 Å². The van der Waals surface area contributed by atoms with E-state index < -0.39 is 24.1 Å². The largest absolute Gasteiger partial charge is 0.446 e. The van der Waals surface area contributed by atoms with Crippen LogP contribution >= 0.6 is 23.2 Å². The molecule has 1 atom stereocenters. The number of hydrazone groups is 1. The summed E-state index contributed by atoms with van der Waals surface area (Å²) in [7, 11) is 0. The number of hydrogen-bond donors (Lipinski definition) is 0. The fraction of sp³-hybridized carbons (Fsp3) is 0.200. The third-order valence-electron chi connectivity index (χ3n) is 3.86. The topological polar surface area (TPSA) is 94.5 Å². The third-order valence-corrected chi connectivity index (χ3v) is 4.70. The molecular formula is C20H16Cl2N2O6. The highest BCUT2D eigenvalue weighted by Gasteiger charge is 2.35. The number of amides is 1. The van der Waals surface area contributed by atoms with E-state index in [9.17, 15) is 14.4 Å². The smallest absolute Gasteiger partial charge is 0.308 e. The number of nitrogens with zero attached hydrogens (tertiary/aromatic N) is 2. The lowest BCUT2D eigenvalue weighted by Gasteiger charge is -2.20. The van der Waals surface area contributed by atoms with E-state index in [0.717, 1.165) is 5.01 Å². The van der Waals surface area contributed by atoms with Gasteiger partial charge in [-0.25, -0.2) is 0 Å². The summed E-state index contributed by atoms with van der Waals surface area (Å²) in [5.74, 6) is -1.27. The van der Waals surface area contributed by atoms with Crippen LogP contribution in [-0.4, -0.2) is 28.8 Å². The minimum atomic E-state index is -0.960. The molecule has 0 N–H and O–H groups in total. The zero-order valence-electron chi connectivity index (χ0n) is 16.1. The Bertz CT molecular complexity index is 1040. The summed E-state index contributed by atoms with van der Waals surface area (Å²) in [4.78, 5) is 34.9. The molecule has 0 unspecified atom stereocenters. The minimum Gasteiger partial charge on any atom is -0.446 e. The zero-order chi connectivity index (χ0) is 22.0. The van der Waals surface area contributed by atoms with Gasteiger partial charge in [-0.2, -0.15) is 5.01 Å². The van der Waals surface area contributed by atoms with E-state index in [1.807, 2.05) is 0 Å². The maximum atomic E-state index is 12.2. The summed E-state index contributed by atoms with van der Waals surface area (Å²) in [6.07, 6.45) is -0.960. The number of ether oxygens (including phenoxy) is 3. The summed E-state index contributed by atoms with van der Waals surface area (Å²) < 4.78 is 16.1. The molecule has 156 valence electrons. The Morgan fingerprint density at radius 3 is 2.13 bits per heavy atom. The van der Waals surface area contributed by atoms with Gasteiger partial charge in [-0.3, -0.25) is 14.4 Å². The fourth-order valence-corrected chi connectivity index (χ4v) is 3.14. The first-order valence-corrected chi connectivity index (χ1v) is 9.42. The Labute approximate surface area is 181 Å². The van der Waals surface area contributed by atoms with Crippen molar-refractivity contribution in [1.82, 2.24) is 5.01 Å². The van der Waals surface area contributed by atoms with Gasteiger partial charge in [0, 0.05) is 38.0 Å². The van der Waals surface area contributed by atoms with Crippen molar-refractivity contribution in [2.75, 3.05) is 0 Å². The number of benzene rings is 2. The number of esters is 2. The Morgan fingerprint density at radius 2 is 1.60 bits per heavy atom. The molecule has 3 rings (SSSR count). The summed E-state index contributed by atoms with van der Waals surface area (Å²) in [5.41, 5.74) is 0.756. The van der Waals surface area contributed by atoms with E-state index in [2.05, 4.69) is 5.10 Å². The fourth-order valence-electron chi connectivity index (χ4n) is 2.74. The molecule has 0 saturated carbocycles. The van der Waals surface area contributed by atoms with E-state index in [1.165, 1.54) is 39.0 Å². The van der Waals surface area contributed by atoms with E-state index in [4.69, 9.17) is 37.4 Å². The van der Waals surface area contributed by atoms with Gasteiger partial charge in [-0.15, -0.1) is 5.10 Å². The summed E-state index contributed by atoms with van der Waals surface area (Å²) in [5, 5.41) is 5.85. The van der Waals surface area contributed by atoms with Crippen LogP contribution in [0.15, 0.2) is 41.5 Å². The van der Waals surface area contributed by atoms with Crippen LogP contribution in [0.3, 0.4) is 0 Å². The van der Waals surface area contributed by atoms with Crippen LogP contribution < -0.4 is 9.47 Å². The lowest BCUT2D eigenvalue weighted by molar-refractivity contribution is -0.135. The van der Waals surface area contributed by atoms with Crippen LogP contribution in [0.25, 0.3) is 0 Å². The third kappa shape index (κ3) is 4.72. The molecule has 0 saturated heterocycles. The normalized spacial score (nSPS) is 15.3. The van der Waals surface area contributed by atoms with Gasteiger partial charge in [-0.05, 0) is 18.2 Å². The molecule has 0 bridgehead atoms. The second-order valence-electron chi connectivity index (χ2n) is 6.26. The molecule has 1 aliphatic rings. The molecule has 0 spiro atoms. The summed E-state index contributed by atoms with van der Waals surface area (Å²) in [6, 6.07) is 9.24. The van der Waals surface area contributed by atoms with Crippen LogP contribution in [0.5, 0.6) is 11.5 Å². The number of carbonyl (C=O) groups excluding carboxylic acids is 3. The van der Waals surface area contributed by atoms with E-state index >= 15 is 0 Å². The number of hydrogen-bond acceptors (Lipinski definition) is 7. The first-order valence-electron chi connectivity index (χ1n) is 8.67. The van der Waals surface area contributed by atoms with Crippen molar-refractivity contribution in [1.29, 1.82) is 0 Å². The lowest BCUT2D eigenvalue weighted by Crippen LogP contribution is -2.25. The molecule has 30 heavy (non-hydrogen) atoms. The number of halogens is 2. The van der Waals surface area contributed by atoms with Gasteiger partial charge >= 0.3 is 11.9 Å². The monoisotopic (exact) mass is 450 g/mol. The quantitative estimate of drug-likeness (QED) is 0.514. The molecule has 0 radical (unpaired) electrons. The van der Waals surface area contributed by atoms with Crippen LogP contribution in [0, 0.1) is 0 Å². The molecule has 1 amide bonds. The molecule has 0 aromatic heterocycles. The second-order valence-corrected chi connectivity index (χ2v) is 7.05. The SMILES string of the molecule is CC(=O)Oc1cc(OC(C)=O)cc(C2=NN(C(C)=O)[C@H](c3cccc(Cl)c3Cl)O2)c1. The molecule has 0 fully saturated rings. The Hall–Kier alpha value is -3.10. The van der Waals surface area contributed by atoms with Crippen molar-refractivity contribution in [3.8, 4) is 11.5 Å². The van der Waals surface area contributed by atoms with Crippen molar-refractivity contribution in [2.45, 2.75) is 27.0 Å². The van der Waals surface area contributed by atoms with Crippen molar-refractivity contribution >= 4 is 46.9 Å². The Kier molecular flexibility index (Phi) is 6.28. The predicted octanol–water partition coefficient (Wildman–Crippen LogP) is 4.08. The maximum absolute atomic E-state index is 12.2. The molecule has 10 heteroatoms. The van der Waals surface area contributed by atoms with Gasteiger partial charge in [0.15, 0.2) is 0 Å². The van der Waals surface area contributed by atoms with Gasteiger partial charge in [0.1, 0.15) is 11.5 Å². The van der Waals surface area contributed by atoms with Gasteiger partial charge in [0.2, 0.25) is 18.0 Å². The molecule has 2 aromatic carbocycles. The molecule has 1 aliphatic heterocycles. The van der Waals surface area contributed by atoms with Crippen LogP contribution in [-0.2, 0) is 19.1 Å². The minimum absolute atomic E-state index is 0.0358. The average Bonchev–Trinajstić information content (AvgIpc) is 3.08. The highest BCUT2D eigenvalue weighted by Crippen LogP contribution is 2.38. The predicted molar refractivity (Wildman–Crippen MR) is 108 cm³/mol. The standard InChI is InChI=1S/C20H16Cl2N2O6/c1-10(25)24-20(16-5-4-6-17(21)18(16)22)30-19(23-24)13-7-14(28-11(2)26)9-15(8-13)29-12(3)27/h4-9,20H,1-3H3/t20-/m0/s1. The number of rotatable bonds is 4. The summed E-state index contributed by atoms with van der Waals surface area (Å²) in [6.45, 7) is 3.79.